The van der Waals surface area contributed by atoms with Gasteiger partial charge >= 0.3 is 0 Å². The fraction of sp³-hybridized carbons (Fsp3) is 0.304. The highest BCUT2D eigenvalue weighted by atomic mass is 16.5. The second-order valence-electron chi connectivity index (χ2n) is 7.16. The van der Waals surface area contributed by atoms with Crippen LogP contribution < -0.4 is 14.2 Å². The number of benzene rings is 1. The van der Waals surface area contributed by atoms with Crippen LogP contribution in [-0.4, -0.2) is 61.0 Å². The first-order valence-electron chi connectivity index (χ1n) is 9.96. The van der Waals surface area contributed by atoms with Crippen LogP contribution in [0, 0.1) is 0 Å². The molecule has 9 nitrogen and oxygen atoms in total. The summed E-state index contributed by atoms with van der Waals surface area (Å²) in [6.07, 6.45) is 4.68. The van der Waals surface area contributed by atoms with Gasteiger partial charge in [-0.15, -0.1) is 0 Å². The van der Waals surface area contributed by atoms with Crippen molar-refractivity contribution in [2.24, 2.45) is 0 Å². The number of aliphatic hydroxyl groups is 1. The summed E-state index contributed by atoms with van der Waals surface area (Å²) in [6, 6.07) is 7.39. The minimum Gasteiger partial charge on any atom is -0.493 e. The van der Waals surface area contributed by atoms with E-state index < -0.39 is 6.10 Å². The standard InChI is InChI=1S/C23H25N3O6/c1-28-13-16(27)12-26-11-15(10-25-26)17-5-6-24-18-9-19(32-22(17)18)14-7-20(29-2)23(31-4)21(8-14)30-3/h5-11,16,27H,12-13H2,1-4H3. The van der Waals surface area contributed by atoms with Crippen molar-refractivity contribution in [3.05, 3.63) is 42.9 Å². The zero-order chi connectivity index (χ0) is 22.7. The third-order valence-electron chi connectivity index (χ3n) is 5.06. The number of fused-ring (bicyclic) bond motifs is 1. The first-order chi connectivity index (χ1) is 15.6. The van der Waals surface area contributed by atoms with Crippen molar-refractivity contribution < 1.29 is 28.5 Å². The second-order valence-corrected chi connectivity index (χ2v) is 7.16. The molecule has 0 aliphatic carbocycles. The monoisotopic (exact) mass is 439 g/mol. The quantitative estimate of drug-likeness (QED) is 0.424. The van der Waals surface area contributed by atoms with Crippen LogP contribution in [0.15, 0.2) is 47.3 Å². The van der Waals surface area contributed by atoms with Gasteiger partial charge in [-0.2, -0.15) is 5.10 Å². The molecule has 32 heavy (non-hydrogen) atoms. The number of aliphatic hydroxyl groups excluding tert-OH is 1. The van der Waals surface area contributed by atoms with Gasteiger partial charge in [0.1, 0.15) is 11.3 Å². The lowest BCUT2D eigenvalue weighted by Crippen LogP contribution is -2.21. The van der Waals surface area contributed by atoms with Gasteiger partial charge in [-0.05, 0) is 18.2 Å². The van der Waals surface area contributed by atoms with E-state index >= 15 is 0 Å². The van der Waals surface area contributed by atoms with Crippen molar-refractivity contribution in [1.29, 1.82) is 0 Å². The van der Waals surface area contributed by atoms with Crippen molar-refractivity contribution in [3.8, 4) is 39.7 Å². The summed E-state index contributed by atoms with van der Waals surface area (Å²) in [5, 5.41) is 14.3. The molecule has 9 heteroatoms. The Balaban J connectivity index is 1.73. The SMILES string of the molecule is COCC(O)Cn1cc(-c2ccnc3cc(-c4cc(OC)c(OC)c(OC)c4)oc23)cn1. The Morgan fingerprint density at radius 2 is 1.78 bits per heavy atom. The molecule has 3 heterocycles. The molecule has 0 aliphatic heterocycles. The zero-order valence-corrected chi connectivity index (χ0v) is 18.4. The molecule has 4 aromatic rings. The molecule has 3 aromatic heterocycles. The number of pyridine rings is 1. The summed E-state index contributed by atoms with van der Waals surface area (Å²) >= 11 is 0. The maximum Gasteiger partial charge on any atom is 0.203 e. The Hall–Kier alpha value is -3.56. The van der Waals surface area contributed by atoms with Crippen LogP contribution in [0.4, 0.5) is 0 Å². The van der Waals surface area contributed by atoms with Crippen LogP contribution in [0.3, 0.4) is 0 Å². The van der Waals surface area contributed by atoms with E-state index in [1.807, 2.05) is 30.5 Å². The van der Waals surface area contributed by atoms with Crippen LogP contribution in [-0.2, 0) is 11.3 Å². The van der Waals surface area contributed by atoms with Gasteiger partial charge in [-0.25, -0.2) is 0 Å². The molecule has 0 spiro atoms. The summed E-state index contributed by atoms with van der Waals surface area (Å²) in [5.41, 5.74) is 3.81. The molecule has 0 aliphatic rings. The lowest BCUT2D eigenvalue weighted by atomic mass is 10.1. The number of furan rings is 1. The van der Waals surface area contributed by atoms with Gasteiger partial charge in [-0.1, -0.05) is 0 Å². The summed E-state index contributed by atoms with van der Waals surface area (Å²) in [7, 11) is 6.25. The zero-order valence-electron chi connectivity index (χ0n) is 18.4. The summed E-state index contributed by atoms with van der Waals surface area (Å²) in [6.45, 7) is 0.571. The molecule has 0 radical (unpaired) electrons. The molecule has 1 atom stereocenters. The first-order valence-corrected chi connectivity index (χ1v) is 9.96. The molecule has 1 aromatic carbocycles. The molecular weight excluding hydrogens is 414 g/mol. The van der Waals surface area contributed by atoms with Gasteiger partial charge in [0.15, 0.2) is 17.1 Å². The van der Waals surface area contributed by atoms with Crippen molar-refractivity contribution in [2.45, 2.75) is 12.6 Å². The third-order valence-corrected chi connectivity index (χ3v) is 5.06. The Morgan fingerprint density at radius 1 is 1.03 bits per heavy atom. The van der Waals surface area contributed by atoms with Gasteiger partial charge < -0.3 is 28.5 Å². The van der Waals surface area contributed by atoms with E-state index in [0.717, 1.165) is 16.7 Å². The molecular formula is C23H25N3O6. The highest BCUT2D eigenvalue weighted by Gasteiger charge is 2.18. The average molecular weight is 439 g/mol. The molecule has 0 saturated carbocycles. The van der Waals surface area contributed by atoms with E-state index in [0.29, 0.717) is 40.7 Å². The van der Waals surface area contributed by atoms with Crippen molar-refractivity contribution in [2.75, 3.05) is 35.0 Å². The van der Waals surface area contributed by atoms with E-state index in [1.165, 1.54) is 0 Å². The van der Waals surface area contributed by atoms with E-state index in [2.05, 4.69) is 10.1 Å². The maximum absolute atomic E-state index is 9.96. The average Bonchev–Trinajstić information content (AvgIpc) is 3.45. The molecule has 1 unspecified atom stereocenters. The predicted octanol–water partition coefficient (Wildman–Crippen LogP) is 3.39. The van der Waals surface area contributed by atoms with Crippen molar-refractivity contribution >= 4 is 11.1 Å². The third kappa shape index (κ3) is 4.12. The number of aromatic nitrogens is 3. The van der Waals surface area contributed by atoms with E-state index in [9.17, 15) is 5.11 Å². The Bertz CT molecular complexity index is 1190. The number of rotatable bonds is 9. The van der Waals surface area contributed by atoms with Crippen LogP contribution in [0.2, 0.25) is 0 Å². The molecule has 0 saturated heterocycles. The molecule has 1 N–H and O–H groups in total. The largest absolute Gasteiger partial charge is 0.493 e. The highest BCUT2D eigenvalue weighted by Crippen LogP contribution is 2.42. The van der Waals surface area contributed by atoms with Gasteiger partial charge in [0, 0.05) is 42.3 Å². The van der Waals surface area contributed by atoms with E-state index in [1.54, 1.807) is 45.5 Å². The van der Waals surface area contributed by atoms with E-state index in [4.69, 9.17) is 23.4 Å². The fourth-order valence-corrected chi connectivity index (χ4v) is 3.59. The number of nitrogens with zero attached hydrogens (tertiary/aromatic N) is 3. The Morgan fingerprint density at radius 3 is 2.44 bits per heavy atom. The first kappa shape index (κ1) is 21.7. The number of ether oxygens (including phenoxy) is 4. The van der Waals surface area contributed by atoms with Crippen molar-refractivity contribution in [3.63, 3.8) is 0 Å². The molecule has 0 bridgehead atoms. The minimum absolute atomic E-state index is 0.241. The second kappa shape index (κ2) is 9.29. The normalized spacial score (nSPS) is 12.2. The number of hydrogen-bond acceptors (Lipinski definition) is 8. The van der Waals surface area contributed by atoms with Crippen molar-refractivity contribution in [1.82, 2.24) is 14.8 Å². The van der Waals surface area contributed by atoms with Crippen LogP contribution >= 0.6 is 0 Å². The van der Waals surface area contributed by atoms with Gasteiger partial charge in [0.2, 0.25) is 5.75 Å². The smallest absolute Gasteiger partial charge is 0.203 e. The minimum atomic E-state index is -0.638. The fourth-order valence-electron chi connectivity index (χ4n) is 3.59. The molecule has 0 amide bonds. The van der Waals surface area contributed by atoms with Crippen LogP contribution in [0.5, 0.6) is 17.2 Å². The number of methoxy groups -OCH3 is 4. The van der Waals surface area contributed by atoms with Crippen LogP contribution in [0.25, 0.3) is 33.6 Å². The lowest BCUT2D eigenvalue weighted by Gasteiger charge is -2.13. The summed E-state index contributed by atoms with van der Waals surface area (Å²) in [4.78, 5) is 4.45. The van der Waals surface area contributed by atoms with E-state index in [-0.39, 0.29) is 6.61 Å². The Labute approximate surface area is 185 Å². The molecule has 4 rings (SSSR count). The number of hydrogen-bond donors (Lipinski definition) is 1. The van der Waals surface area contributed by atoms with Crippen LogP contribution in [0.1, 0.15) is 0 Å². The topological polar surface area (TPSA) is 101 Å². The summed E-state index contributed by atoms with van der Waals surface area (Å²) in [5.74, 6) is 2.19. The predicted molar refractivity (Wildman–Crippen MR) is 118 cm³/mol. The highest BCUT2D eigenvalue weighted by molar-refractivity contribution is 5.92. The lowest BCUT2D eigenvalue weighted by molar-refractivity contribution is 0.0514. The maximum atomic E-state index is 9.96. The molecule has 168 valence electrons. The van der Waals surface area contributed by atoms with Gasteiger partial charge in [0.25, 0.3) is 0 Å². The van der Waals surface area contributed by atoms with Gasteiger partial charge in [0.05, 0.1) is 46.8 Å². The molecule has 0 fully saturated rings. The summed E-state index contributed by atoms with van der Waals surface area (Å²) < 4.78 is 29.2. The van der Waals surface area contributed by atoms with Gasteiger partial charge in [-0.3, -0.25) is 9.67 Å². The Kier molecular flexibility index (Phi) is 6.29.